The molecule has 8 nitrogen and oxygen atoms in total. The van der Waals surface area contributed by atoms with Crippen LogP contribution in [0, 0.1) is 5.92 Å². The number of nitrogens with zero attached hydrogens (tertiary/aromatic N) is 1. The van der Waals surface area contributed by atoms with Gasteiger partial charge in [-0.05, 0) is 44.7 Å². The second-order valence-electron chi connectivity index (χ2n) is 8.85. The van der Waals surface area contributed by atoms with Crippen molar-refractivity contribution in [2.45, 2.75) is 71.1 Å². The van der Waals surface area contributed by atoms with E-state index in [1.54, 1.807) is 0 Å². The van der Waals surface area contributed by atoms with Crippen molar-refractivity contribution in [1.82, 2.24) is 15.5 Å². The smallest absolute Gasteiger partial charge is 0.325 e. The van der Waals surface area contributed by atoms with Gasteiger partial charge in [0, 0.05) is 24.1 Å². The van der Waals surface area contributed by atoms with Crippen LogP contribution in [0.1, 0.15) is 57.6 Å². The third-order valence-electron chi connectivity index (χ3n) is 6.66. The van der Waals surface area contributed by atoms with Crippen molar-refractivity contribution in [3.8, 4) is 11.5 Å². The Hall–Kier alpha value is -2.77. The van der Waals surface area contributed by atoms with Crippen LogP contribution >= 0.6 is 0 Å². The van der Waals surface area contributed by atoms with Gasteiger partial charge < -0.3 is 20.1 Å². The predicted octanol–water partition coefficient (Wildman–Crippen LogP) is 2.53. The molecule has 8 heteroatoms. The first-order valence-corrected chi connectivity index (χ1v) is 11.2. The van der Waals surface area contributed by atoms with Gasteiger partial charge in [-0.15, -0.1) is 0 Å². The number of fused-ring (bicyclic) bond motifs is 1. The number of rotatable bonds is 6. The van der Waals surface area contributed by atoms with E-state index in [0.717, 1.165) is 47.5 Å². The average Bonchev–Trinajstić information content (AvgIpc) is 3.20. The van der Waals surface area contributed by atoms with E-state index in [9.17, 15) is 14.4 Å². The van der Waals surface area contributed by atoms with Gasteiger partial charge in [0.2, 0.25) is 5.91 Å². The maximum Gasteiger partial charge on any atom is 0.325 e. The van der Waals surface area contributed by atoms with Crippen molar-refractivity contribution >= 4 is 17.8 Å². The van der Waals surface area contributed by atoms with E-state index in [0.29, 0.717) is 18.8 Å². The van der Waals surface area contributed by atoms with Crippen LogP contribution in [0.4, 0.5) is 4.79 Å². The highest BCUT2D eigenvalue weighted by Gasteiger charge is 2.55. The Morgan fingerprint density at radius 2 is 2.13 bits per heavy atom. The van der Waals surface area contributed by atoms with Gasteiger partial charge in [0.05, 0.1) is 6.61 Å². The van der Waals surface area contributed by atoms with E-state index in [-0.39, 0.29) is 36.9 Å². The summed E-state index contributed by atoms with van der Waals surface area (Å²) in [5.41, 5.74) is 1.04. The topological polar surface area (TPSA) is 97.0 Å². The summed E-state index contributed by atoms with van der Waals surface area (Å²) in [5.74, 6) is 0.913. The van der Waals surface area contributed by atoms with Gasteiger partial charge >= 0.3 is 6.03 Å². The Morgan fingerprint density at radius 3 is 2.87 bits per heavy atom. The first-order valence-electron chi connectivity index (χ1n) is 11.2. The van der Waals surface area contributed by atoms with Crippen LogP contribution in [0.15, 0.2) is 12.1 Å². The first-order chi connectivity index (χ1) is 14.8. The maximum absolute atomic E-state index is 13.0. The molecule has 1 saturated carbocycles. The lowest BCUT2D eigenvalue weighted by atomic mass is 9.73. The molecule has 0 unspecified atom stereocenters. The molecule has 2 heterocycles. The van der Waals surface area contributed by atoms with Crippen molar-refractivity contribution in [1.29, 1.82) is 0 Å². The number of benzene rings is 1. The van der Waals surface area contributed by atoms with E-state index in [2.05, 4.69) is 10.6 Å². The van der Waals surface area contributed by atoms with Gasteiger partial charge in [0.15, 0.2) is 0 Å². The van der Waals surface area contributed by atoms with Gasteiger partial charge in [0.25, 0.3) is 5.91 Å². The summed E-state index contributed by atoms with van der Waals surface area (Å²) in [6, 6.07) is 3.38. The molecule has 2 fully saturated rings. The molecule has 2 N–H and O–H groups in total. The summed E-state index contributed by atoms with van der Waals surface area (Å²) < 4.78 is 11.6. The number of carbonyl (C=O) groups is 3. The number of hydrogen-bond acceptors (Lipinski definition) is 5. The van der Waals surface area contributed by atoms with Crippen LogP contribution in [-0.4, -0.2) is 47.5 Å². The van der Waals surface area contributed by atoms with Crippen LogP contribution in [-0.2, 0) is 22.6 Å². The lowest BCUT2D eigenvalue weighted by Gasteiger charge is -2.36. The number of ether oxygens (including phenoxy) is 2. The molecule has 4 rings (SSSR count). The number of imide groups is 1. The van der Waals surface area contributed by atoms with Gasteiger partial charge in [-0.2, -0.15) is 0 Å². The quantitative estimate of drug-likeness (QED) is 0.678. The third-order valence-corrected chi connectivity index (χ3v) is 6.66. The fraction of sp³-hybridized carbons (Fsp3) is 0.609. The minimum absolute atomic E-state index is 0.0633. The molecule has 4 amide bonds. The minimum atomic E-state index is -0.855. The number of urea groups is 1. The molecule has 168 valence electrons. The summed E-state index contributed by atoms with van der Waals surface area (Å²) in [5, 5.41) is 5.70. The van der Waals surface area contributed by atoms with Crippen LogP contribution in [0.5, 0.6) is 11.5 Å². The Kier molecular flexibility index (Phi) is 5.81. The molecule has 0 radical (unpaired) electrons. The van der Waals surface area contributed by atoms with Gasteiger partial charge in [-0.1, -0.05) is 19.8 Å². The van der Waals surface area contributed by atoms with E-state index in [1.807, 2.05) is 32.9 Å². The Labute approximate surface area is 182 Å². The molecule has 1 aliphatic carbocycles. The molecule has 1 saturated heterocycles. The molecule has 0 bridgehead atoms. The standard InChI is InChI=1S/C23H31N3O5/c1-4-30-18-10-16-9-15(3)31-19(16)11-17(18)12-24-20(27)13-26-21(28)23(25-22(26)29)8-6-5-7-14(23)2/h10-11,14-15H,4-9,12-13H2,1-3H3,(H,24,27)(H,25,29)/t14-,15-,23-/m0/s1. The zero-order chi connectivity index (χ0) is 22.2. The number of nitrogens with one attached hydrogen (secondary N) is 2. The second kappa shape index (κ2) is 8.40. The predicted molar refractivity (Wildman–Crippen MR) is 114 cm³/mol. The molecular weight excluding hydrogens is 398 g/mol. The monoisotopic (exact) mass is 429 g/mol. The van der Waals surface area contributed by atoms with E-state index in [4.69, 9.17) is 9.47 Å². The minimum Gasteiger partial charge on any atom is -0.494 e. The van der Waals surface area contributed by atoms with Gasteiger partial charge in [0.1, 0.15) is 29.7 Å². The molecule has 31 heavy (non-hydrogen) atoms. The lowest BCUT2D eigenvalue weighted by Crippen LogP contribution is -2.54. The van der Waals surface area contributed by atoms with Crippen molar-refractivity contribution < 1.29 is 23.9 Å². The lowest BCUT2D eigenvalue weighted by molar-refractivity contribution is -0.137. The third kappa shape index (κ3) is 3.95. The number of carbonyl (C=O) groups excluding carboxylic acids is 3. The number of hydrogen-bond donors (Lipinski definition) is 2. The SMILES string of the molecule is CCOc1cc2c(cc1CNC(=O)CN1C(=O)N[C@]3(CCCC[C@@H]3C)C1=O)O[C@@H](C)C2. The fourth-order valence-electron chi connectivity index (χ4n) is 4.94. The van der Waals surface area contributed by atoms with Gasteiger partial charge in [-0.3, -0.25) is 14.5 Å². The van der Waals surface area contributed by atoms with Gasteiger partial charge in [-0.25, -0.2) is 4.79 Å². The van der Waals surface area contributed by atoms with Crippen molar-refractivity contribution in [3.05, 3.63) is 23.3 Å². The highest BCUT2D eigenvalue weighted by molar-refractivity contribution is 6.09. The maximum atomic E-state index is 13.0. The Bertz CT molecular complexity index is 901. The molecule has 3 atom stereocenters. The van der Waals surface area contributed by atoms with Crippen molar-refractivity contribution in [2.75, 3.05) is 13.2 Å². The molecule has 1 aromatic carbocycles. The average molecular weight is 430 g/mol. The Balaban J connectivity index is 1.41. The normalized spacial score (nSPS) is 27.1. The second-order valence-corrected chi connectivity index (χ2v) is 8.85. The summed E-state index contributed by atoms with van der Waals surface area (Å²) in [4.78, 5) is 39.2. The van der Waals surface area contributed by atoms with Crippen LogP contribution < -0.4 is 20.1 Å². The zero-order valence-corrected chi connectivity index (χ0v) is 18.5. The summed E-state index contributed by atoms with van der Waals surface area (Å²) in [6.45, 7) is 6.37. The van der Waals surface area contributed by atoms with Crippen LogP contribution in [0.3, 0.4) is 0 Å². The summed E-state index contributed by atoms with van der Waals surface area (Å²) in [6.07, 6.45) is 4.42. The molecule has 1 aromatic rings. The number of amides is 4. The summed E-state index contributed by atoms with van der Waals surface area (Å²) >= 11 is 0. The molecule has 0 aromatic heterocycles. The summed E-state index contributed by atoms with van der Waals surface area (Å²) in [7, 11) is 0. The van der Waals surface area contributed by atoms with E-state index in [1.165, 1.54) is 0 Å². The molecule has 2 aliphatic heterocycles. The first kappa shape index (κ1) is 21.5. The fourth-order valence-corrected chi connectivity index (χ4v) is 4.94. The largest absolute Gasteiger partial charge is 0.494 e. The van der Waals surface area contributed by atoms with Crippen molar-refractivity contribution in [3.63, 3.8) is 0 Å². The van der Waals surface area contributed by atoms with Crippen molar-refractivity contribution in [2.24, 2.45) is 5.92 Å². The molecule has 1 spiro atoms. The van der Waals surface area contributed by atoms with E-state index >= 15 is 0 Å². The van der Waals surface area contributed by atoms with Crippen LogP contribution in [0.2, 0.25) is 0 Å². The molecule has 3 aliphatic rings. The highest BCUT2D eigenvalue weighted by Crippen LogP contribution is 2.38. The molecular formula is C23H31N3O5. The van der Waals surface area contributed by atoms with Crippen LogP contribution in [0.25, 0.3) is 0 Å². The van der Waals surface area contributed by atoms with E-state index < -0.39 is 11.6 Å². The Morgan fingerprint density at radius 1 is 1.32 bits per heavy atom. The zero-order valence-electron chi connectivity index (χ0n) is 18.5. The highest BCUT2D eigenvalue weighted by atomic mass is 16.5.